The first-order valence-electron chi connectivity index (χ1n) is 3.83. The van der Waals surface area contributed by atoms with E-state index in [9.17, 15) is 0 Å². The van der Waals surface area contributed by atoms with E-state index in [1.165, 1.54) is 0 Å². The molecule has 3 heteroatoms. The smallest absolute Gasteiger partial charge is 0.0950 e. The van der Waals surface area contributed by atoms with Gasteiger partial charge in [-0.1, -0.05) is 24.3 Å². The van der Waals surface area contributed by atoms with Crippen LogP contribution in [0.5, 0.6) is 0 Å². The van der Waals surface area contributed by atoms with Crippen molar-refractivity contribution in [2.24, 2.45) is 11.5 Å². The molecule has 1 rings (SSSR count). The van der Waals surface area contributed by atoms with Gasteiger partial charge < -0.3 is 11.5 Å². The van der Waals surface area contributed by atoms with Crippen LogP contribution in [0.2, 0.25) is 0 Å². The van der Waals surface area contributed by atoms with E-state index in [-0.39, 0.29) is 5.84 Å². The Balaban J connectivity index is 2.71. The summed E-state index contributed by atoms with van der Waals surface area (Å²) in [5.41, 5.74) is 12.8. The number of hydrogen-bond acceptors (Lipinski definition) is 2. The van der Waals surface area contributed by atoms with Crippen LogP contribution in [0.15, 0.2) is 24.3 Å². The van der Waals surface area contributed by atoms with E-state index in [1.54, 1.807) is 0 Å². The Morgan fingerprint density at radius 2 is 1.67 bits per heavy atom. The predicted octanol–water partition coefficient (Wildman–Crippen LogP) is 0.624. The van der Waals surface area contributed by atoms with Crippen molar-refractivity contribution in [3.63, 3.8) is 0 Å². The van der Waals surface area contributed by atoms with Crippen molar-refractivity contribution >= 4 is 5.84 Å². The zero-order valence-corrected chi connectivity index (χ0v) is 6.88. The summed E-state index contributed by atoms with van der Waals surface area (Å²) < 4.78 is 0. The van der Waals surface area contributed by atoms with Crippen LogP contribution in [0.1, 0.15) is 11.1 Å². The van der Waals surface area contributed by atoms with E-state index in [1.807, 2.05) is 24.3 Å². The number of nitrogens with two attached hydrogens (primary N) is 2. The molecule has 0 aliphatic rings. The molecule has 1 aromatic rings. The van der Waals surface area contributed by atoms with Crippen molar-refractivity contribution in [2.75, 3.05) is 0 Å². The van der Waals surface area contributed by atoms with Gasteiger partial charge in [0, 0.05) is 13.0 Å². The Kier molecular flexibility index (Phi) is 2.82. The molecule has 5 N–H and O–H groups in total. The predicted molar refractivity (Wildman–Crippen MR) is 50.0 cm³/mol. The van der Waals surface area contributed by atoms with Crippen molar-refractivity contribution in [1.82, 2.24) is 0 Å². The minimum Gasteiger partial charge on any atom is -0.387 e. The highest BCUT2D eigenvalue weighted by molar-refractivity contribution is 5.79. The van der Waals surface area contributed by atoms with E-state index in [0.717, 1.165) is 11.1 Å². The standard InChI is InChI=1S/C9H13N3/c10-6-8-3-1-7(2-4-8)5-9(11)12/h1-4H,5-6,10H2,(H3,11,12). The van der Waals surface area contributed by atoms with Gasteiger partial charge in [0.2, 0.25) is 0 Å². The minimum atomic E-state index is 0.190. The van der Waals surface area contributed by atoms with Crippen LogP contribution in [-0.2, 0) is 13.0 Å². The monoisotopic (exact) mass is 163 g/mol. The van der Waals surface area contributed by atoms with Gasteiger partial charge in [-0.2, -0.15) is 0 Å². The molecule has 0 radical (unpaired) electrons. The first-order chi connectivity index (χ1) is 5.72. The summed E-state index contributed by atoms with van der Waals surface area (Å²) in [6.07, 6.45) is 0.519. The summed E-state index contributed by atoms with van der Waals surface area (Å²) in [4.78, 5) is 0. The topological polar surface area (TPSA) is 75.9 Å². The van der Waals surface area contributed by atoms with Gasteiger partial charge in [0.05, 0.1) is 5.84 Å². The molecule has 0 atom stereocenters. The second kappa shape index (κ2) is 3.88. The Morgan fingerprint density at radius 1 is 1.17 bits per heavy atom. The SMILES string of the molecule is N=C(N)Cc1ccc(CN)cc1. The van der Waals surface area contributed by atoms with Crippen LogP contribution in [0, 0.1) is 5.41 Å². The maximum Gasteiger partial charge on any atom is 0.0950 e. The molecule has 0 heterocycles. The molecule has 0 aliphatic carbocycles. The molecule has 0 fully saturated rings. The lowest BCUT2D eigenvalue weighted by Gasteiger charge is -2.00. The van der Waals surface area contributed by atoms with Crippen LogP contribution in [0.4, 0.5) is 0 Å². The average Bonchev–Trinajstić information content (AvgIpc) is 2.05. The molecular weight excluding hydrogens is 150 g/mol. The highest BCUT2D eigenvalue weighted by atomic mass is 14.7. The van der Waals surface area contributed by atoms with Crippen molar-refractivity contribution in [3.05, 3.63) is 35.4 Å². The fourth-order valence-corrected chi connectivity index (χ4v) is 1.01. The molecule has 64 valence electrons. The van der Waals surface area contributed by atoms with Gasteiger partial charge in [-0.15, -0.1) is 0 Å². The Hall–Kier alpha value is -1.35. The number of rotatable bonds is 3. The summed E-state index contributed by atoms with van der Waals surface area (Å²) in [6.45, 7) is 0.556. The van der Waals surface area contributed by atoms with Gasteiger partial charge >= 0.3 is 0 Å². The van der Waals surface area contributed by atoms with Gasteiger partial charge in [0.1, 0.15) is 0 Å². The molecule has 0 spiro atoms. The van der Waals surface area contributed by atoms with Crippen LogP contribution in [0.25, 0.3) is 0 Å². The molecule has 0 saturated carbocycles. The maximum absolute atomic E-state index is 7.08. The molecule has 0 aromatic heterocycles. The number of hydrogen-bond donors (Lipinski definition) is 3. The van der Waals surface area contributed by atoms with Gasteiger partial charge in [-0.25, -0.2) is 0 Å². The molecule has 0 saturated heterocycles. The first-order valence-corrected chi connectivity index (χ1v) is 3.83. The van der Waals surface area contributed by atoms with Crippen molar-refractivity contribution in [3.8, 4) is 0 Å². The zero-order valence-electron chi connectivity index (χ0n) is 6.88. The van der Waals surface area contributed by atoms with Gasteiger partial charge in [-0.05, 0) is 11.1 Å². The fourth-order valence-electron chi connectivity index (χ4n) is 1.01. The van der Waals surface area contributed by atoms with E-state index in [0.29, 0.717) is 13.0 Å². The van der Waals surface area contributed by atoms with E-state index >= 15 is 0 Å². The summed E-state index contributed by atoms with van der Waals surface area (Å²) >= 11 is 0. The number of amidine groups is 1. The van der Waals surface area contributed by atoms with E-state index in [2.05, 4.69) is 0 Å². The second-order valence-electron chi connectivity index (χ2n) is 2.72. The quantitative estimate of drug-likeness (QED) is 0.451. The van der Waals surface area contributed by atoms with Gasteiger partial charge in [0.25, 0.3) is 0 Å². The highest BCUT2D eigenvalue weighted by Gasteiger charge is 1.94. The Morgan fingerprint density at radius 3 is 2.08 bits per heavy atom. The molecule has 3 nitrogen and oxygen atoms in total. The summed E-state index contributed by atoms with van der Waals surface area (Å²) in [5, 5.41) is 7.08. The lowest BCUT2D eigenvalue weighted by molar-refractivity contribution is 1.07. The van der Waals surface area contributed by atoms with Crippen LogP contribution in [-0.4, -0.2) is 5.84 Å². The molecule has 0 unspecified atom stereocenters. The Bertz CT molecular complexity index is 264. The van der Waals surface area contributed by atoms with E-state index < -0.39 is 0 Å². The highest BCUT2D eigenvalue weighted by Crippen LogP contribution is 2.03. The summed E-state index contributed by atoms with van der Waals surface area (Å²) in [6, 6.07) is 7.81. The molecule has 0 amide bonds. The summed E-state index contributed by atoms with van der Waals surface area (Å²) in [5.74, 6) is 0.190. The minimum absolute atomic E-state index is 0.190. The fraction of sp³-hybridized carbons (Fsp3) is 0.222. The normalized spacial score (nSPS) is 9.75. The average molecular weight is 163 g/mol. The van der Waals surface area contributed by atoms with Crippen LogP contribution >= 0.6 is 0 Å². The zero-order chi connectivity index (χ0) is 8.97. The number of nitrogens with one attached hydrogen (secondary N) is 1. The van der Waals surface area contributed by atoms with Gasteiger partial charge in [-0.3, -0.25) is 5.41 Å². The molecular formula is C9H13N3. The van der Waals surface area contributed by atoms with Crippen molar-refractivity contribution in [1.29, 1.82) is 5.41 Å². The third-order valence-electron chi connectivity index (χ3n) is 1.65. The lowest BCUT2D eigenvalue weighted by atomic mass is 10.1. The molecule has 0 bridgehead atoms. The van der Waals surface area contributed by atoms with E-state index in [4.69, 9.17) is 16.9 Å². The van der Waals surface area contributed by atoms with Gasteiger partial charge in [0.15, 0.2) is 0 Å². The first kappa shape index (κ1) is 8.74. The molecule has 12 heavy (non-hydrogen) atoms. The summed E-state index contributed by atoms with van der Waals surface area (Å²) in [7, 11) is 0. The van der Waals surface area contributed by atoms with Crippen molar-refractivity contribution in [2.45, 2.75) is 13.0 Å². The lowest BCUT2D eigenvalue weighted by Crippen LogP contribution is -2.12. The molecule has 0 aliphatic heterocycles. The maximum atomic E-state index is 7.08. The number of benzene rings is 1. The Labute approximate surface area is 71.9 Å². The third kappa shape index (κ3) is 2.36. The van der Waals surface area contributed by atoms with Crippen LogP contribution < -0.4 is 11.5 Å². The van der Waals surface area contributed by atoms with Crippen LogP contribution in [0.3, 0.4) is 0 Å². The molecule has 1 aromatic carbocycles. The third-order valence-corrected chi connectivity index (χ3v) is 1.65. The second-order valence-corrected chi connectivity index (χ2v) is 2.72. The van der Waals surface area contributed by atoms with Crippen molar-refractivity contribution < 1.29 is 0 Å². The largest absolute Gasteiger partial charge is 0.387 e.